The number of ether oxygens (including phenoxy) is 3. The molecule has 47 heavy (non-hydrogen) atoms. The Labute approximate surface area is 275 Å². The van der Waals surface area contributed by atoms with Crippen molar-refractivity contribution in [3.63, 3.8) is 0 Å². The highest BCUT2D eigenvalue weighted by Gasteiger charge is 2.26. The number of carbonyl (C=O) groups excluding carboxylic acids is 3. The van der Waals surface area contributed by atoms with Crippen LogP contribution in [-0.4, -0.2) is 82.1 Å². The number of halogens is 1. The van der Waals surface area contributed by atoms with E-state index in [1.807, 2.05) is 0 Å². The van der Waals surface area contributed by atoms with Crippen LogP contribution < -0.4 is 16.0 Å². The first-order chi connectivity index (χ1) is 22.9. The second-order valence-corrected chi connectivity index (χ2v) is 10.9. The molecular formula is C31H34ClN9O6. The van der Waals surface area contributed by atoms with Crippen LogP contribution >= 0.6 is 11.6 Å². The van der Waals surface area contributed by atoms with Crippen molar-refractivity contribution in [1.29, 1.82) is 0 Å². The Morgan fingerprint density at radius 2 is 1.98 bits per heavy atom. The summed E-state index contributed by atoms with van der Waals surface area (Å²) in [4.78, 5) is 46.4. The average Bonchev–Trinajstić information content (AvgIpc) is 3.76. The summed E-state index contributed by atoms with van der Waals surface area (Å²) in [5, 5.41) is 20.9. The van der Waals surface area contributed by atoms with Gasteiger partial charge in [-0.05, 0) is 65.7 Å². The van der Waals surface area contributed by atoms with Crippen molar-refractivity contribution in [2.24, 2.45) is 0 Å². The van der Waals surface area contributed by atoms with Crippen molar-refractivity contribution in [2.45, 2.75) is 31.7 Å². The Hall–Kier alpha value is -5.28. The van der Waals surface area contributed by atoms with Crippen LogP contribution in [0.4, 0.5) is 16.2 Å². The molecule has 0 radical (unpaired) electrons. The fourth-order valence-corrected chi connectivity index (χ4v) is 5.20. The molecule has 2 aromatic carbocycles. The second kappa shape index (κ2) is 15.8. The monoisotopic (exact) mass is 663 g/mol. The third kappa shape index (κ3) is 8.51. The van der Waals surface area contributed by atoms with Crippen molar-refractivity contribution >= 4 is 47.0 Å². The lowest BCUT2D eigenvalue weighted by atomic mass is 10.0. The molecule has 0 fully saturated rings. The van der Waals surface area contributed by atoms with Crippen molar-refractivity contribution in [2.75, 3.05) is 44.6 Å². The number of esters is 1. The molecular weight excluding hydrogens is 630 g/mol. The Morgan fingerprint density at radius 1 is 1.11 bits per heavy atom. The molecule has 4 N–H and O–H groups in total. The number of tetrazole rings is 1. The highest BCUT2D eigenvalue weighted by molar-refractivity contribution is 6.30. The van der Waals surface area contributed by atoms with Gasteiger partial charge in [-0.25, -0.2) is 14.6 Å². The minimum Gasteiger partial charge on any atom is -0.464 e. The van der Waals surface area contributed by atoms with E-state index in [1.54, 1.807) is 42.5 Å². The van der Waals surface area contributed by atoms with Crippen LogP contribution in [0.2, 0.25) is 5.02 Å². The smallest absolute Gasteiger partial charge is 0.411 e. The van der Waals surface area contributed by atoms with Gasteiger partial charge in [-0.15, -0.1) is 5.10 Å². The molecule has 15 nitrogen and oxygen atoms in total. The summed E-state index contributed by atoms with van der Waals surface area (Å²) in [5.41, 5.74) is 3.48. The van der Waals surface area contributed by atoms with Crippen LogP contribution in [0.3, 0.4) is 0 Å². The topological polar surface area (TPSA) is 187 Å². The standard InChI is InChI=1S/C31H34ClN9O6/c1-45-14-15-47-31(44)35-21-9-10-22-24(17-21)33-13-5-3-4-6-23(29-37-27(22)28(38-29)30(43)46-2)36-26(42)12-7-19-16-20(32)8-11-25(19)41-18-34-39-40-41/h7-12,16-18,23,33H,3-6,13-15H2,1-2H3,(H,35,44)(H,36,42)(H,37,38). The molecule has 16 heteroatoms. The highest BCUT2D eigenvalue weighted by Crippen LogP contribution is 2.34. The number of benzene rings is 2. The van der Waals surface area contributed by atoms with E-state index < -0.39 is 18.1 Å². The molecule has 2 aromatic heterocycles. The lowest BCUT2D eigenvalue weighted by Gasteiger charge is -2.17. The molecule has 246 valence electrons. The number of hydrogen-bond donors (Lipinski definition) is 4. The second-order valence-electron chi connectivity index (χ2n) is 10.5. The van der Waals surface area contributed by atoms with E-state index in [1.165, 1.54) is 31.3 Å². The van der Waals surface area contributed by atoms with Gasteiger partial charge in [-0.1, -0.05) is 24.4 Å². The van der Waals surface area contributed by atoms with E-state index >= 15 is 0 Å². The first-order valence-corrected chi connectivity index (χ1v) is 15.2. The van der Waals surface area contributed by atoms with Gasteiger partial charge in [-0.3, -0.25) is 10.1 Å². The number of fused-ring (bicyclic) bond motifs is 4. The van der Waals surface area contributed by atoms with Gasteiger partial charge in [0, 0.05) is 47.3 Å². The minimum absolute atomic E-state index is 0.111. The van der Waals surface area contributed by atoms with E-state index in [2.05, 4.69) is 36.5 Å². The van der Waals surface area contributed by atoms with Gasteiger partial charge >= 0.3 is 12.1 Å². The lowest BCUT2D eigenvalue weighted by Crippen LogP contribution is -2.28. The van der Waals surface area contributed by atoms with Crippen LogP contribution in [0.25, 0.3) is 23.0 Å². The van der Waals surface area contributed by atoms with Gasteiger partial charge in [0.2, 0.25) is 5.91 Å². The van der Waals surface area contributed by atoms with Gasteiger partial charge < -0.3 is 29.8 Å². The first-order valence-electron chi connectivity index (χ1n) is 14.9. The quantitative estimate of drug-likeness (QED) is 0.112. The van der Waals surface area contributed by atoms with E-state index in [-0.39, 0.29) is 24.8 Å². The number of nitrogens with one attached hydrogen (secondary N) is 4. The lowest BCUT2D eigenvalue weighted by molar-refractivity contribution is -0.117. The van der Waals surface area contributed by atoms with Crippen LogP contribution in [0.15, 0.2) is 48.8 Å². The summed E-state index contributed by atoms with van der Waals surface area (Å²) in [6.45, 7) is 1.02. The van der Waals surface area contributed by atoms with Crippen LogP contribution in [0.1, 0.15) is 53.6 Å². The molecule has 4 aromatic rings. The maximum absolute atomic E-state index is 13.3. The van der Waals surface area contributed by atoms with E-state index in [0.29, 0.717) is 57.7 Å². The summed E-state index contributed by atoms with van der Waals surface area (Å²) < 4.78 is 16.6. The zero-order chi connectivity index (χ0) is 33.2. The van der Waals surface area contributed by atoms with Gasteiger partial charge in [0.25, 0.3) is 0 Å². The van der Waals surface area contributed by atoms with Crippen molar-refractivity contribution in [1.82, 2.24) is 35.5 Å². The number of imidazole rings is 1. The van der Waals surface area contributed by atoms with Crippen LogP contribution in [0, 0.1) is 0 Å². The van der Waals surface area contributed by atoms with Gasteiger partial charge in [0.15, 0.2) is 5.69 Å². The normalized spacial score (nSPS) is 14.7. The Morgan fingerprint density at radius 3 is 2.77 bits per heavy atom. The van der Waals surface area contributed by atoms with E-state index in [9.17, 15) is 14.4 Å². The zero-order valence-electron chi connectivity index (χ0n) is 25.8. The predicted octanol–water partition coefficient (Wildman–Crippen LogP) is 4.54. The zero-order valence-corrected chi connectivity index (χ0v) is 26.5. The molecule has 1 atom stereocenters. The number of methoxy groups -OCH3 is 2. The highest BCUT2D eigenvalue weighted by atomic mass is 35.5. The number of H-pyrrole nitrogens is 1. The molecule has 3 heterocycles. The van der Waals surface area contributed by atoms with E-state index in [4.69, 9.17) is 30.8 Å². The number of hydrogen-bond acceptors (Lipinski definition) is 11. The Bertz CT molecular complexity index is 1740. The molecule has 1 aliphatic heterocycles. The SMILES string of the molecule is COCCOC(=O)Nc1ccc2c(c1)NCCCCCC(NC(=O)C=Cc1cc(Cl)ccc1-n1cnnn1)c1nc-2c(C(=O)OC)[nH]1. The summed E-state index contributed by atoms with van der Waals surface area (Å²) in [7, 11) is 2.80. The molecule has 0 aliphatic carbocycles. The number of anilines is 2. The maximum Gasteiger partial charge on any atom is 0.411 e. The number of carbonyl (C=O) groups is 3. The molecule has 1 unspecified atom stereocenters. The van der Waals surface area contributed by atoms with E-state index in [0.717, 1.165) is 19.3 Å². The predicted molar refractivity (Wildman–Crippen MR) is 173 cm³/mol. The molecule has 2 amide bonds. The third-order valence-electron chi connectivity index (χ3n) is 7.28. The number of nitrogens with zero attached hydrogens (tertiary/aromatic N) is 5. The van der Waals surface area contributed by atoms with Gasteiger partial charge in [0.05, 0.1) is 25.4 Å². The van der Waals surface area contributed by atoms with Crippen LogP contribution in [0.5, 0.6) is 0 Å². The summed E-state index contributed by atoms with van der Waals surface area (Å²) in [6, 6.07) is 9.80. The van der Waals surface area contributed by atoms with Crippen molar-refractivity contribution in [3.8, 4) is 16.9 Å². The number of amides is 2. The summed E-state index contributed by atoms with van der Waals surface area (Å²) in [6.07, 6.45) is 6.90. The summed E-state index contributed by atoms with van der Waals surface area (Å²) in [5.74, 6) is -0.600. The average molecular weight is 664 g/mol. The Balaban J connectivity index is 1.43. The molecule has 0 saturated carbocycles. The molecule has 2 bridgehead atoms. The van der Waals surface area contributed by atoms with Crippen LogP contribution in [-0.2, 0) is 19.0 Å². The fraction of sp³-hybridized carbons (Fsp3) is 0.323. The third-order valence-corrected chi connectivity index (χ3v) is 7.52. The van der Waals surface area contributed by atoms with Gasteiger partial charge in [-0.2, -0.15) is 4.68 Å². The fourth-order valence-electron chi connectivity index (χ4n) is 5.02. The van der Waals surface area contributed by atoms with Gasteiger partial charge in [0.1, 0.15) is 24.5 Å². The van der Waals surface area contributed by atoms with Crippen molar-refractivity contribution < 1.29 is 28.6 Å². The molecule has 1 aliphatic rings. The molecule has 0 spiro atoms. The molecule has 5 rings (SSSR count). The number of rotatable bonds is 9. The number of aromatic amines is 1. The molecule has 0 saturated heterocycles. The van der Waals surface area contributed by atoms with Crippen molar-refractivity contribution in [3.05, 3.63) is 70.9 Å². The largest absolute Gasteiger partial charge is 0.464 e. The summed E-state index contributed by atoms with van der Waals surface area (Å²) >= 11 is 6.23. The maximum atomic E-state index is 13.3. The minimum atomic E-state index is -0.623. The Kier molecular flexibility index (Phi) is 11.1. The number of aromatic nitrogens is 6. The first kappa shape index (κ1) is 33.1.